The van der Waals surface area contributed by atoms with E-state index in [1.165, 1.54) is 13.2 Å². The number of phenolic OH excluding ortho intramolecular Hbond substituents is 1. The maximum absolute atomic E-state index is 12.5. The van der Waals surface area contributed by atoms with Crippen molar-refractivity contribution in [2.75, 3.05) is 7.11 Å². The van der Waals surface area contributed by atoms with Crippen molar-refractivity contribution in [3.8, 4) is 17.2 Å². The summed E-state index contributed by atoms with van der Waals surface area (Å²) in [4.78, 5) is 24.7. The Hall–Kier alpha value is -3.28. The molecule has 6 nitrogen and oxygen atoms in total. The highest BCUT2D eigenvalue weighted by molar-refractivity contribution is 5.90. The molecule has 1 aliphatic rings. The first-order chi connectivity index (χ1) is 12.1. The summed E-state index contributed by atoms with van der Waals surface area (Å²) in [5, 5.41) is 10.6. The summed E-state index contributed by atoms with van der Waals surface area (Å²) in [7, 11) is 1.45. The molecule has 0 spiro atoms. The van der Waals surface area contributed by atoms with Gasteiger partial charge in [-0.25, -0.2) is 4.79 Å². The van der Waals surface area contributed by atoms with Crippen molar-refractivity contribution in [2.24, 2.45) is 0 Å². The fraction of sp³-hybridized carbons (Fsp3) is 0.158. The highest BCUT2D eigenvalue weighted by atomic mass is 16.5. The zero-order valence-corrected chi connectivity index (χ0v) is 13.3. The quantitative estimate of drug-likeness (QED) is 0.571. The molecule has 3 aromatic rings. The molecule has 2 aromatic carbocycles. The van der Waals surface area contributed by atoms with Gasteiger partial charge >= 0.3 is 11.6 Å². The lowest BCUT2D eigenvalue weighted by atomic mass is 9.86. The topological polar surface area (TPSA) is 86.0 Å². The number of esters is 1. The second-order valence-corrected chi connectivity index (χ2v) is 5.79. The lowest BCUT2D eigenvalue weighted by molar-refractivity contribution is -0.135. The summed E-state index contributed by atoms with van der Waals surface area (Å²) in [6.45, 7) is 0. The molecule has 0 bridgehead atoms. The molecule has 0 aliphatic carbocycles. The molecular weight excluding hydrogens is 324 g/mol. The first-order valence-corrected chi connectivity index (χ1v) is 7.72. The molecule has 0 amide bonds. The van der Waals surface area contributed by atoms with Crippen LogP contribution in [0.5, 0.6) is 17.2 Å². The lowest BCUT2D eigenvalue weighted by Crippen LogP contribution is -2.26. The minimum atomic E-state index is -0.561. The molecule has 25 heavy (non-hydrogen) atoms. The molecule has 0 unspecified atom stereocenters. The van der Waals surface area contributed by atoms with E-state index in [1.54, 1.807) is 36.4 Å². The van der Waals surface area contributed by atoms with Gasteiger partial charge in [-0.2, -0.15) is 0 Å². The van der Waals surface area contributed by atoms with Gasteiger partial charge in [0.2, 0.25) is 0 Å². The predicted molar refractivity (Wildman–Crippen MR) is 89.2 cm³/mol. The van der Waals surface area contributed by atoms with Gasteiger partial charge in [0.05, 0.1) is 24.5 Å². The third-order valence-electron chi connectivity index (χ3n) is 4.34. The van der Waals surface area contributed by atoms with Crippen LogP contribution in [0.4, 0.5) is 0 Å². The summed E-state index contributed by atoms with van der Waals surface area (Å²) in [5.74, 6) is -0.528. The van der Waals surface area contributed by atoms with E-state index in [1.807, 2.05) is 0 Å². The molecular formula is C19H14O6. The van der Waals surface area contributed by atoms with Crippen LogP contribution in [0.25, 0.3) is 11.0 Å². The van der Waals surface area contributed by atoms with E-state index < -0.39 is 17.5 Å². The van der Waals surface area contributed by atoms with Crippen molar-refractivity contribution >= 4 is 16.9 Å². The largest absolute Gasteiger partial charge is 0.504 e. The summed E-state index contributed by atoms with van der Waals surface area (Å²) in [6, 6.07) is 11.7. The predicted octanol–water partition coefficient (Wildman–Crippen LogP) is 2.95. The summed E-state index contributed by atoms with van der Waals surface area (Å²) >= 11 is 0. The summed E-state index contributed by atoms with van der Waals surface area (Å²) < 4.78 is 15.8. The molecule has 0 radical (unpaired) electrons. The Kier molecular flexibility index (Phi) is 3.46. The zero-order valence-electron chi connectivity index (χ0n) is 13.3. The van der Waals surface area contributed by atoms with Crippen LogP contribution >= 0.6 is 0 Å². The highest BCUT2D eigenvalue weighted by Gasteiger charge is 2.34. The molecule has 1 N–H and O–H groups in total. The minimum Gasteiger partial charge on any atom is -0.504 e. The van der Waals surface area contributed by atoms with Crippen molar-refractivity contribution < 1.29 is 23.8 Å². The average molecular weight is 338 g/mol. The van der Waals surface area contributed by atoms with Crippen molar-refractivity contribution in [2.45, 2.75) is 12.3 Å². The number of methoxy groups -OCH3 is 1. The average Bonchev–Trinajstić information content (AvgIpc) is 2.61. The highest BCUT2D eigenvalue weighted by Crippen LogP contribution is 2.42. The van der Waals surface area contributed by atoms with E-state index in [0.717, 1.165) is 0 Å². The molecule has 126 valence electrons. The third kappa shape index (κ3) is 2.42. The van der Waals surface area contributed by atoms with Crippen LogP contribution in [0.15, 0.2) is 51.7 Å². The first kappa shape index (κ1) is 15.3. The fourth-order valence-electron chi connectivity index (χ4n) is 3.18. The number of hydrogen-bond donors (Lipinski definition) is 1. The van der Waals surface area contributed by atoms with Gasteiger partial charge in [0.25, 0.3) is 0 Å². The Balaban J connectivity index is 1.96. The molecule has 0 saturated heterocycles. The Morgan fingerprint density at radius 1 is 1.16 bits per heavy atom. The number of para-hydroxylation sites is 1. The number of ether oxygens (including phenoxy) is 2. The zero-order chi connectivity index (χ0) is 17.6. The number of carbonyl (C=O) groups excluding carboxylic acids is 1. The molecule has 1 aliphatic heterocycles. The van der Waals surface area contributed by atoms with E-state index in [4.69, 9.17) is 13.9 Å². The smallest absolute Gasteiger partial charge is 0.343 e. The van der Waals surface area contributed by atoms with Crippen LogP contribution in [0.3, 0.4) is 0 Å². The molecule has 6 heteroatoms. The molecule has 1 atom stereocenters. The van der Waals surface area contributed by atoms with Gasteiger partial charge in [-0.15, -0.1) is 0 Å². The third-order valence-corrected chi connectivity index (χ3v) is 4.34. The van der Waals surface area contributed by atoms with Crippen LogP contribution in [0.1, 0.15) is 23.5 Å². The molecule has 0 fully saturated rings. The summed E-state index contributed by atoms with van der Waals surface area (Å²) in [5.41, 5.74) is 0.695. The number of benzene rings is 2. The first-order valence-electron chi connectivity index (χ1n) is 7.72. The number of fused-ring (bicyclic) bond motifs is 3. The second kappa shape index (κ2) is 5.66. The van der Waals surface area contributed by atoms with Gasteiger partial charge < -0.3 is 19.0 Å². The van der Waals surface area contributed by atoms with Gasteiger partial charge in [0.1, 0.15) is 5.58 Å². The molecule has 0 saturated carbocycles. The maximum atomic E-state index is 12.5. The molecule has 1 aromatic heterocycles. The monoisotopic (exact) mass is 338 g/mol. The fourth-order valence-corrected chi connectivity index (χ4v) is 3.18. The molecule has 4 rings (SSSR count). The standard InChI is InChI=1S/C19H14O6/c1-23-15-7-6-10(8-13(15)20)12-9-16(21)25-18-11-4-2-3-5-14(11)24-19(22)17(12)18/h2-8,12,20H,9H2,1H3/t12-/m1/s1. The minimum absolute atomic E-state index is 0.0120. The van der Waals surface area contributed by atoms with Crippen molar-refractivity contribution in [1.29, 1.82) is 0 Å². The van der Waals surface area contributed by atoms with Gasteiger partial charge in [0, 0.05) is 5.92 Å². The van der Waals surface area contributed by atoms with E-state index in [-0.39, 0.29) is 23.5 Å². The van der Waals surface area contributed by atoms with Crippen LogP contribution in [0.2, 0.25) is 0 Å². The Morgan fingerprint density at radius 2 is 1.96 bits per heavy atom. The van der Waals surface area contributed by atoms with E-state index in [0.29, 0.717) is 22.3 Å². The van der Waals surface area contributed by atoms with Crippen LogP contribution in [-0.2, 0) is 4.79 Å². The van der Waals surface area contributed by atoms with Crippen molar-refractivity contribution in [3.63, 3.8) is 0 Å². The Bertz CT molecular complexity index is 1050. The van der Waals surface area contributed by atoms with Gasteiger partial charge in [-0.1, -0.05) is 18.2 Å². The SMILES string of the molecule is COc1ccc([C@H]2CC(=O)Oc3c2c(=O)oc2ccccc32)cc1O. The van der Waals surface area contributed by atoms with Crippen molar-refractivity contribution in [1.82, 2.24) is 0 Å². The maximum Gasteiger partial charge on any atom is 0.343 e. The van der Waals surface area contributed by atoms with Crippen LogP contribution in [-0.4, -0.2) is 18.2 Å². The molecule has 2 heterocycles. The number of hydrogen-bond acceptors (Lipinski definition) is 6. The number of carbonyl (C=O) groups is 1. The van der Waals surface area contributed by atoms with Gasteiger partial charge in [0.15, 0.2) is 17.2 Å². The van der Waals surface area contributed by atoms with Gasteiger partial charge in [-0.05, 0) is 29.8 Å². The van der Waals surface area contributed by atoms with E-state index in [9.17, 15) is 14.7 Å². The van der Waals surface area contributed by atoms with Gasteiger partial charge in [-0.3, -0.25) is 4.79 Å². The van der Waals surface area contributed by atoms with E-state index in [2.05, 4.69) is 0 Å². The Labute approximate surface area is 142 Å². The number of rotatable bonds is 2. The van der Waals surface area contributed by atoms with Crippen LogP contribution < -0.4 is 15.1 Å². The normalized spacial score (nSPS) is 16.4. The number of aromatic hydroxyl groups is 1. The van der Waals surface area contributed by atoms with E-state index >= 15 is 0 Å². The van der Waals surface area contributed by atoms with Crippen molar-refractivity contribution in [3.05, 3.63) is 64.0 Å². The Morgan fingerprint density at radius 3 is 2.72 bits per heavy atom. The lowest BCUT2D eigenvalue weighted by Gasteiger charge is -2.24. The second-order valence-electron chi connectivity index (χ2n) is 5.79. The van der Waals surface area contributed by atoms with Crippen LogP contribution in [0, 0.1) is 0 Å². The number of phenols is 1. The summed E-state index contributed by atoms with van der Waals surface area (Å²) in [6.07, 6.45) is -0.0120.